The van der Waals surface area contributed by atoms with Crippen LogP contribution < -0.4 is 10.6 Å². The van der Waals surface area contributed by atoms with Gasteiger partial charge in [0.25, 0.3) is 5.91 Å². The van der Waals surface area contributed by atoms with Gasteiger partial charge in [-0.3, -0.25) is 9.59 Å². The maximum Gasteiger partial charge on any atom is 0.253 e. The van der Waals surface area contributed by atoms with Gasteiger partial charge in [0.1, 0.15) is 6.04 Å². The highest BCUT2D eigenvalue weighted by Gasteiger charge is 2.22. The molecule has 2 N–H and O–H groups in total. The van der Waals surface area contributed by atoms with Crippen molar-refractivity contribution in [3.63, 3.8) is 0 Å². The van der Waals surface area contributed by atoms with E-state index in [4.69, 9.17) is 0 Å². The van der Waals surface area contributed by atoms with Crippen LogP contribution in [0.5, 0.6) is 0 Å². The van der Waals surface area contributed by atoms with Gasteiger partial charge in [0.2, 0.25) is 5.91 Å². The van der Waals surface area contributed by atoms with E-state index < -0.39 is 6.04 Å². The second kappa shape index (κ2) is 6.19. The van der Waals surface area contributed by atoms with Crippen molar-refractivity contribution in [1.29, 1.82) is 0 Å². The van der Waals surface area contributed by atoms with Crippen molar-refractivity contribution in [2.24, 2.45) is 0 Å². The van der Waals surface area contributed by atoms with Crippen LogP contribution >= 0.6 is 11.3 Å². The number of thiophene rings is 1. The standard InChI is InChI=1S/C14H20N2O2S/c1-3-15-13(17)9(2)16-14(18)11-8-19-12-7-5-4-6-10(11)12/h8-9H,3-7H2,1-2H3,(H,15,17)(H,16,18). The molecule has 0 aromatic carbocycles. The number of hydrogen-bond donors (Lipinski definition) is 2. The van der Waals surface area contributed by atoms with Crippen LogP contribution in [0.25, 0.3) is 0 Å². The molecule has 0 radical (unpaired) electrons. The molecule has 1 heterocycles. The summed E-state index contributed by atoms with van der Waals surface area (Å²) in [6.07, 6.45) is 4.43. The highest BCUT2D eigenvalue weighted by Crippen LogP contribution is 2.30. The van der Waals surface area contributed by atoms with E-state index in [2.05, 4.69) is 10.6 Å². The van der Waals surface area contributed by atoms with Crippen LogP contribution in [0.3, 0.4) is 0 Å². The van der Waals surface area contributed by atoms with Crippen molar-refractivity contribution in [3.05, 3.63) is 21.4 Å². The summed E-state index contributed by atoms with van der Waals surface area (Å²) in [5.41, 5.74) is 1.95. The molecule has 4 nitrogen and oxygen atoms in total. The van der Waals surface area contributed by atoms with Gasteiger partial charge in [-0.15, -0.1) is 11.3 Å². The van der Waals surface area contributed by atoms with E-state index in [0.29, 0.717) is 6.54 Å². The number of rotatable bonds is 4. The Morgan fingerprint density at radius 3 is 2.84 bits per heavy atom. The maximum absolute atomic E-state index is 12.2. The predicted octanol–water partition coefficient (Wildman–Crippen LogP) is 1.88. The van der Waals surface area contributed by atoms with Gasteiger partial charge in [-0.1, -0.05) is 0 Å². The fraction of sp³-hybridized carbons (Fsp3) is 0.571. The average molecular weight is 280 g/mol. The van der Waals surface area contributed by atoms with Crippen LogP contribution in [0.1, 0.15) is 47.5 Å². The normalized spacial score (nSPS) is 15.5. The highest BCUT2D eigenvalue weighted by atomic mass is 32.1. The van der Waals surface area contributed by atoms with Gasteiger partial charge in [-0.05, 0) is 45.1 Å². The number of carbonyl (C=O) groups excluding carboxylic acids is 2. The Balaban J connectivity index is 2.04. The molecule has 0 aliphatic heterocycles. The Labute approximate surface area is 117 Å². The minimum absolute atomic E-state index is 0.127. The average Bonchev–Trinajstić information content (AvgIpc) is 2.82. The van der Waals surface area contributed by atoms with E-state index in [1.807, 2.05) is 12.3 Å². The summed E-state index contributed by atoms with van der Waals surface area (Å²) in [7, 11) is 0. The number of amides is 2. The van der Waals surface area contributed by atoms with E-state index in [1.165, 1.54) is 16.9 Å². The molecule has 1 aromatic heterocycles. The van der Waals surface area contributed by atoms with Crippen LogP contribution in [0, 0.1) is 0 Å². The molecule has 1 aliphatic carbocycles. The number of hydrogen-bond acceptors (Lipinski definition) is 3. The first-order valence-corrected chi connectivity index (χ1v) is 7.69. The second-order valence-corrected chi connectivity index (χ2v) is 5.81. The van der Waals surface area contributed by atoms with Crippen LogP contribution in [0.4, 0.5) is 0 Å². The maximum atomic E-state index is 12.2. The number of nitrogens with one attached hydrogen (secondary N) is 2. The van der Waals surface area contributed by atoms with E-state index in [9.17, 15) is 9.59 Å². The van der Waals surface area contributed by atoms with Gasteiger partial charge in [0.05, 0.1) is 5.56 Å². The molecule has 2 rings (SSSR count). The summed E-state index contributed by atoms with van der Waals surface area (Å²) in [5.74, 6) is -0.266. The fourth-order valence-corrected chi connectivity index (χ4v) is 3.48. The van der Waals surface area contributed by atoms with Crippen LogP contribution in [0.2, 0.25) is 0 Å². The molecular formula is C14H20N2O2S. The van der Waals surface area contributed by atoms with Crippen molar-refractivity contribution >= 4 is 23.2 Å². The summed E-state index contributed by atoms with van der Waals surface area (Å²) in [6.45, 7) is 4.15. The minimum atomic E-state index is -0.494. The summed E-state index contributed by atoms with van der Waals surface area (Å²) < 4.78 is 0. The van der Waals surface area contributed by atoms with Gasteiger partial charge in [-0.25, -0.2) is 0 Å². The smallest absolute Gasteiger partial charge is 0.253 e. The van der Waals surface area contributed by atoms with Crippen molar-refractivity contribution in [2.75, 3.05) is 6.54 Å². The molecule has 104 valence electrons. The molecular weight excluding hydrogens is 260 g/mol. The molecule has 0 saturated heterocycles. The summed E-state index contributed by atoms with van der Waals surface area (Å²) in [4.78, 5) is 25.2. The molecule has 1 unspecified atom stereocenters. The Hall–Kier alpha value is -1.36. The molecule has 2 amide bonds. The zero-order valence-electron chi connectivity index (χ0n) is 11.4. The second-order valence-electron chi connectivity index (χ2n) is 4.85. The van der Waals surface area contributed by atoms with Crippen LogP contribution in [-0.2, 0) is 17.6 Å². The molecule has 19 heavy (non-hydrogen) atoms. The zero-order valence-corrected chi connectivity index (χ0v) is 12.2. The van der Waals surface area contributed by atoms with Gasteiger partial charge >= 0.3 is 0 Å². The third kappa shape index (κ3) is 3.15. The van der Waals surface area contributed by atoms with Gasteiger partial charge in [0.15, 0.2) is 0 Å². The van der Waals surface area contributed by atoms with Crippen molar-refractivity contribution in [3.8, 4) is 0 Å². The largest absolute Gasteiger partial charge is 0.355 e. The Kier molecular flexibility index (Phi) is 4.58. The highest BCUT2D eigenvalue weighted by molar-refractivity contribution is 7.10. The summed E-state index contributed by atoms with van der Waals surface area (Å²) in [6, 6.07) is -0.494. The number of carbonyl (C=O) groups is 2. The van der Waals surface area contributed by atoms with Gasteiger partial charge in [-0.2, -0.15) is 0 Å². The lowest BCUT2D eigenvalue weighted by atomic mass is 9.95. The fourth-order valence-electron chi connectivity index (χ4n) is 2.35. The molecule has 1 aromatic rings. The third-order valence-electron chi connectivity index (χ3n) is 3.40. The first kappa shape index (κ1) is 14.1. The van der Waals surface area contributed by atoms with Crippen molar-refractivity contribution in [1.82, 2.24) is 10.6 Å². The molecule has 1 atom stereocenters. The molecule has 0 bridgehead atoms. The summed E-state index contributed by atoms with van der Waals surface area (Å²) >= 11 is 1.66. The first-order valence-electron chi connectivity index (χ1n) is 6.81. The molecule has 1 aliphatic rings. The monoisotopic (exact) mass is 280 g/mol. The first-order chi connectivity index (χ1) is 9.13. The number of aryl methyl sites for hydroxylation is 1. The lowest BCUT2D eigenvalue weighted by Crippen LogP contribution is -2.44. The molecule has 0 spiro atoms. The predicted molar refractivity (Wildman–Crippen MR) is 76.6 cm³/mol. The van der Waals surface area contributed by atoms with Crippen LogP contribution in [0.15, 0.2) is 5.38 Å². The number of likely N-dealkylation sites (N-methyl/N-ethyl adjacent to an activating group) is 1. The molecule has 5 heteroatoms. The molecule has 0 saturated carbocycles. The van der Waals surface area contributed by atoms with Crippen molar-refractivity contribution < 1.29 is 9.59 Å². The van der Waals surface area contributed by atoms with E-state index >= 15 is 0 Å². The van der Waals surface area contributed by atoms with Crippen molar-refractivity contribution in [2.45, 2.75) is 45.6 Å². The van der Waals surface area contributed by atoms with E-state index in [1.54, 1.807) is 18.3 Å². The summed E-state index contributed by atoms with van der Waals surface area (Å²) in [5, 5.41) is 7.41. The minimum Gasteiger partial charge on any atom is -0.355 e. The quantitative estimate of drug-likeness (QED) is 0.884. The Morgan fingerprint density at radius 2 is 2.11 bits per heavy atom. The van der Waals surface area contributed by atoms with Gasteiger partial charge in [0, 0.05) is 16.8 Å². The number of fused-ring (bicyclic) bond motifs is 1. The van der Waals surface area contributed by atoms with E-state index in [-0.39, 0.29) is 11.8 Å². The third-order valence-corrected chi connectivity index (χ3v) is 4.49. The Morgan fingerprint density at radius 1 is 1.37 bits per heavy atom. The SMILES string of the molecule is CCNC(=O)C(C)NC(=O)c1csc2c1CCCC2. The lowest BCUT2D eigenvalue weighted by Gasteiger charge is -2.15. The topological polar surface area (TPSA) is 58.2 Å². The lowest BCUT2D eigenvalue weighted by molar-refractivity contribution is -0.122. The van der Waals surface area contributed by atoms with E-state index in [0.717, 1.165) is 24.8 Å². The van der Waals surface area contributed by atoms with Gasteiger partial charge < -0.3 is 10.6 Å². The van der Waals surface area contributed by atoms with Crippen LogP contribution in [-0.4, -0.2) is 24.4 Å². The Bertz CT molecular complexity index is 482. The molecule has 0 fully saturated rings. The zero-order chi connectivity index (χ0) is 13.8.